The van der Waals surface area contributed by atoms with E-state index in [1.54, 1.807) is 17.0 Å². The molecule has 0 aromatic carbocycles. The van der Waals surface area contributed by atoms with Gasteiger partial charge in [-0.15, -0.1) is 15.3 Å². The standard InChI is InChI=1S/C17H17N7O/c1-11-2-3-12(7-18-11)17(25)24-13-6-14(24)9-22(8-13)16-5-4-15-20-19-10-23(15)21-16/h2-5,7,10,13-14H,6,8-9H2,1H3. The van der Waals surface area contributed by atoms with E-state index in [-0.39, 0.29) is 18.0 Å². The third-order valence-electron chi connectivity index (χ3n) is 5.06. The fraction of sp³-hybridized carbons (Fsp3) is 0.353. The zero-order valence-corrected chi connectivity index (χ0v) is 13.8. The summed E-state index contributed by atoms with van der Waals surface area (Å²) in [5.74, 6) is 0.974. The number of rotatable bonds is 2. The van der Waals surface area contributed by atoms with Crippen molar-refractivity contribution in [3.8, 4) is 0 Å². The first-order chi connectivity index (χ1) is 12.2. The highest BCUT2D eigenvalue weighted by atomic mass is 16.2. The molecular formula is C17H17N7O. The maximum absolute atomic E-state index is 12.8. The summed E-state index contributed by atoms with van der Waals surface area (Å²) in [5.41, 5.74) is 2.31. The van der Waals surface area contributed by atoms with Crippen LogP contribution in [0.2, 0.25) is 0 Å². The Morgan fingerprint density at radius 1 is 1.16 bits per heavy atom. The van der Waals surface area contributed by atoms with E-state index in [0.717, 1.165) is 36.7 Å². The zero-order chi connectivity index (χ0) is 17.0. The summed E-state index contributed by atoms with van der Waals surface area (Å²) in [7, 11) is 0. The number of aromatic nitrogens is 5. The van der Waals surface area contributed by atoms with Crippen molar-refractivity contribution in [3.05, 3.63) is 48.0 Å². The summed E-state index contributed by atoms with van der Waals surface area (Å²) in [6.07, 6.45) is 4.32. The van der Waals surface area contributed by atoms with Gasteiger partial charge in [-0.25, -0.2) is 0 Å². The van der Waals surface area contributed by atoms with Crippen molar-refractivity contribution >= 4 is 17.4 Å². The van der Waals surface area contributed by atoms with Crippen LogP contribution in [-0.2, 0) is 0 Å². The number of nitrogens with zero attached hydrogens (tertiary/aromatic N) is 7. The molecule has 0 saturated carbocycles. The topological polar surface area (TPSA) is 79.5 Å². The number of aryl methyl sites for hydroxylation is 1. The fourth-order valence-corrected chi connectivity index (χ4v) is 3.76. The van der Waals surface area contributed by atoms with Gasteiger partial charge in [0.15, 0.2) is 5.65 Å². The van der Waals surface area contributed by atoms with Crippen LogP contribution >= 0.6 is 0 Å². The first kappa shape index (κ1) is 14.3. The van der Waals surface area contributed by atoms with E-state index >= 15 is 0 Å². The van der Waals surface area contributed by atoms with Gasteiger partial charge in [-0.05, 0) is 37.6 Å². The number of piperidine rings is 1. The lowest BCUT2D eigenvalue weighted by Crippen LogP contribution is -2.70. The van der Waals surface area contributed by atoms with E-state index in [2.05, 4.69) is 25.2 Å². The summed E-state index contributed by atoms with van der Waals surface area (Å²) in [6.45, 7) is 3.51. The maximum Gasteiger partial charge on any atom is 0.256 e. The molecule has 0 spiro atoms. The second-order valence-corrected chi connectivity index (χ2v) is 6.67. The van der Waals surface area contributed by atoms with Crippen LogP contribution in [-0.4, -0.2) is 60.8 Å². The second kappa shape index (κ2) is 5.23. The number of amides is 1. The molecule has 126 valence electrons. The van der Waals surface area contributed by atoms with Gasteiger partial charge in [0, 0.05) is 25.0 Å². The van der Waals surface area contributed by atoms with Gasteiger partial charge in [-0.3, -0.25) is 9.78 Å². The monoisotopic (exact) mass is 335 g/mol. The Morgan fingerprint density at radius 2 is 2.00 bits per heavy atom. The Kier molecular flexibility index (Phi) is 3.00. The molecule has 2 bridgehead atoms. The van der Waals surface area contributed by atoms with Crippen LogP contribution in [0.25, 0.3) is 5.65 Å². The summed E-state index contributed by atoms with van der Waals surface area (Å²) >= 11 is 0. The molecule has 3 aliphatic rings. The van der Waals surface area contributed by atoms with Gasteiger partial charge < -0.3 is 9.80 Å². The molecule has 6 rings (SSSR count). The molecule has 8 heteroatoms. The third kappa shape index (κ3) is 2.25. The fourth-order valence-electron chi connectivity index (χ4n) is 3.76. The predicted molar refractivity (Wildman–Crippen MR) is 90.3 cm³/mol. The highest BCUT2D eigenvalue weighted by Gasteiger charge is 2.47. The first-order valence-corrected chi connectivity index (χ1v) is 8.36. The van der Waals surface area contributed by atoms with Gasteiger partial charge in [0.2, 0.25) is 0 Å². The van der Waals surface area contributed by atoms with E-state index in [9.17, 15) is 4.79 Å². The minimum absolute atomic E-state index is 0.0793. The lowest BCUT2D eigenvalue weighted by atomic mass is 9.86. The van der Waals surface area contributed by atoms with Crippen molar-refractivity contribution < 1.29 is 4.79 Å². The number of carbonyl (C=O) groups excluding carboxylic acids is 1. The molecule has 3 fully saturated rings. The van der Waals surface area contributed by atoms with Gasteiger partial charge >= 0.3 is 0 Å². The van der Waals surface area contributed by atoms with Crippen LogP contribution in [0.15, 0.2) is 36.8 Å². The SMILES string of the molecule is Cc1ccc(C(=O)N2C3CC2CN(c2ccc4nncn4n2)C3)cn1. The lowest BCUT2D eigenvalue weighted by molar-refractivity contribution is 0.00569. The van der Waals surface area contributed by atoms with Crippen molar-refractivity contribution in [3.63, 3.8) is 0 Å². The Balaban J connectivity index is 1.34. The predicted octanol–water partition coefficient (Wildman–Crippen LogP) is 0.931. The number of hydrogen-bond donors (Lipinski definition) is 0. The van der Waals surface area contributed by atoms with E-state index in [1.165, 1.54) is 0 Å². The summed E-state index contributed by atoms with van der Waals surface area (Å²) < 4.78 is 1.68. The van der Waals surface area contributed by atoms with Crippen LogP contribution in [0, 0.1) is 6.92 Å². The van der Waals surface area contributed by atoms with Crippen LogP contribution in [0.3, 0.4) is 0 Å². The first-order valence-electron chi connectivity index (χ1n) is 8.36. The molecule has 3 saturated heterocycles. The van der Waals surface area contributed by atoms with Crippen molar-refractivity contribution in [1.29, 1.82) is 0 Å². The molecule has 8 nitrogen and oxygen atoms in total. The zero-order valence-electron chi connectivity index (χ0n) is 13.8. The maximum atomic E-state index is 12.8. The van der Waals surface area contributed by atoms with Crippen molar-refractivity contribution in [2.45, 2.75) is 25.4 Å². The quantitative estimate of drug-likeness (QED) is 0.693. The van der Waals surface area contributed by atoms with Crippen molar-refractivity contribution in [1.82, 2.24) is 29.7 Å². The molecule has 0 aliphatic carbocycles. The number of carbonyl (C=O) groups is 1. The van der Waals surface area contributed by atoms with E-state index in [4.69, 9.17) is 0 Å². The lowest BCUT2D eigenvalue weighted by Gasteiger charge is -2.56. The molecule has 25 heavy (non-hydrogen) atoms. The summed E-state index contributed by atoms with van der Waals surface area (Å²) in [4.78, 5) is 21.2. The second-order valence-electron chi connectivity index (χ2n) is 6.67. The third-order valence-corrected chi connectivity index (χ3v) is 5.06. The van der Waals surface area contributed by atoms with Crippen molar-refractivity contribution in [2.24, 2.45) is 0 Å². The smallest absolute Gasteiger partial charge is 0.256 e. The van der Waals surface area contributed by atoms with Crippen LogP contribution < -0.4 is 4.90 Å². The Bertz CT molecular complexity index is 939. The minimum Gasteiger partial charge on any atom is -0.351 e. The molecule has 3 aliphatic heterocycles. The number of anilines is 1. The number of piperazine rings is 1. The molecule has 2 atom stereocenters. The minimum atomic E-state index is 0.0793. The number of hydrogen-bond acceptors (Lipinski definition) is 6. The summed E-state index contributed by atoms with van der Waals surface area (Å²) in [6, 6.07) is 8.07. The van der Waals surface area contributed by atoms with Crippen LogP contribution in [0.5, 0.6) is 0 Å². The van der Waals surface area contributed by atoms with Crippen LogP contribution in [0.4, 0.5) is 5.82 Å². The Labute approximate surface area is 144 Å². The number of fused-ring (bicyclic) bond motifs is 3. The molecule has 2 unspecified atom stereocenters. The molecule has 1 amide bonds. The highest BCUT2D eigenvalue weighted by molar-refractivity contribution is 5.95. The molecule has 3 aromatic rings. The van der Waals surface area contributed by atoms with Gasteiger partial charge in [0.05, 0.1) is 17.6 Å². The van der Waals surface area contributed by atoms with Gasteiger partial charge in [0.25, 0.3) is 5.91 Å². The van der Waals surface area contributed by atoms with E-state index in [1.807, 2.05) is 36.1 Å². The average Bonchev–Trinajstić information content (AvgIpc) is 3.10. The Hall–Kier alpha value is -3.03. The molecule has 6 heterocycles. The van der Waals surface area contributed by atoms with E-state index in [0.29, 0.717) is 5.56 Å². The largest absolute Gasteiger partial charge is 0.351 e. The van der Waals surface area contributed by atoms with Gasteiger partial charge in [-0.1, -0.05) is 0 Å². The van der Waals surface area contributed by atoms with Crippen LogP contribution in [0.1, 0.15) is 22.5 Å². The summed E-state index contributed by atoms with van der Waals surface area (Å²) in [5, 5.41) is 12.4. The normalized spacial score (nSPS) is 22.1. The van der Waals surface area contributed by atoms with Gasteiger partial charge in [-0.2, -0.15) is 4.52 Å². The molecule has 0 radical (unpaired) electrons. The molecular weight excluding hydrogens is 318 g/mol. The molecule has 3 aromatic heterocycles. The van der Waals surface area contributed by atoms with Crippen molar-refractivity contribution in [2.75, 3.05) is 18.0 Å². The Morgan fingerprint density at radius 3 is 2.76 bits per heavy atom. The van der Waals surface area contributed by atoms with Gasteiger partial charge in [0.1, 0.15) is 12.1 Å². The highest BCUT2D eigenvalue weighted by Crippen LogP contribution is 2.35. The van der Waals surface area contributed by atoms with E-state index < -0.39 is 0 Å². The average molecular weight is 335 g/mol. The number of pyridine rings is 1. The molecule has 0 N–H and O–H groups in total.